The number of halogens is 2. The molecule has 0 aliphatic rings. The van der Waals surface area contributed by atoms with Gasteiger partial charge in [-0.05, 0) is 18.6 Å². The van der Waals surface area contributed by atoms with Crippen molar-refractivity contribution in [2.24, 2.45) is 5.73 Å². The van der Waals surface area contributed by atoms with Crippen molar-refractivity contribution in [2.45, 2.75) is 12.5 Å². The van der Waals surface area contributed by atoms with E-state index in [0.717, 1.165) is 0 Å². The third-order valence-electron chi connectivity index (χ3n) is 3.00. The van der Waals surface area contributed by atoms with E-state index >= 15 is 0 Å². The summed E-state index contributed by atoms with van der Waals surface area (Å²) < 4.78 is 0. The molecule has 0 aliphatic carbocycles. The van der Waals surface area contributed by atoms with Crippen LogP contribution in [0.15, 0.2) is 42.5 Å². The Kier molecular flexibility index (Phi) is 4.60. The van der Waals surface area contributed by atoms with E-state index in [1.807, 2.05) is 0 Å². The Bertz CT molecular complexity index is 627. The molecule has 0 spiro atoms. The standard InChI is InChI=1S/C14H12Cl2N2O2/c15-10-5-3-6-11(16)14(10)12(17)8-9-4-1-2-7-13(9)18(19)20/h1-7,12H,8,17H2. The second kappa shape index (κ2) is 6.22. The summed E-state index contributed by atoms with van der Waals surface area (Å²) in [5.74, 6) is 0. The topological polar surface area (TPSA) is 69.2 Å². The third-order valence-corrected chi connectivity index (χ3v) is 3.66. The average Bonchev–Trinajstić information content (AvgIpc) is 2.38. The highest BCUT2D eigenvalue weighted by molar-refractivity contribution is 6.36. The molecule has 1 atom stereocenters. The minimum absolute atomic E-state index is 0.0473. The van der Waals surface area contributed by atoms with Crippen molar-refractivity contribution in [1.82, 2.24) is 0 Å². The van der Waals surface area contributed by atoms with Crippen molar-refractivity contribution in [2.75, 3.05) is 0 Å². The van der Waals surface area contributed by atoms with Crippen LogP contribution in [0.4, 0.5) is 5.69 Å². The number of nitrogens with two attached hydrogens (primary N) is 1. The van der Waals surface area contributed by atoms with Crippen LogP contribution in [0.1, 0.15) is 17.2 Å². The first-order chi connectivity index (χ1) is 9.50. The van der Waals surface area contributed by atoms with E-state index in [1.54, 1.807) is 36.4 Å². The van der Waals surface area contributed by atoms with Gasteiger partial charge in [-0.25, -0.2) is 0 Å². The maximum atomic E-state index is 11.0. The molecule has 1 unspecified atom stereocenters. The highest BCUT2D eigenvalue weighted by Crippen LogP contribution is 2.32. The summed E-state index contributed by atoms with van der Waals surface area (Å²) in [5.41, 5.74) is 7.32. The van der Waals surface area contributed by atoms with Crippen LogP contribution >= 0.6 is 23.2 Å². The normalized spacial score (nSPS) is 12.2. The number of para-hydroxylation sites is 1. The Morgan fingerprint density at radius 3 is 2.30 bits per heavy atom. The summed E-state index contributed by atoms with van der Waals surface area (Å²) in [6.07, 6.45) is 0.292. The fourth-order valence-electron chi connectivity index (χ4n) is 2.07. The molecule has 0 amide bonds. The first-order valence-electron chi connectivity index (χ1n) is 5.92. The highest BCUT2D eigenvalue weighted by Gasteiger charge is 2.19. The van der Waals surface area contributed by atoms with Crippen molar-refractivity contribution >= 4 is 28.9 Å². The minimum Gasteiger partial charge on any atom is -0.324 e. The first-order valence-corrected chi connectivity index (χ1v) is 6.68. The molecule has 20 heavy (non-hydrogen) atoms. The quantitative estimate of drug-likeness (QED) is 0.681. The summed E-state index contributed by atoms with van der Waals surface area (Å²) >= 11 is 12.2. The number of nitro benzene ring substituents is 1. The molecule has 104 valence electrons. The Hall–Kier alpha value is -1.62. The fourth-order valence-corrected chi connectivity index (χ4v) is 2.74. The van der Waals surface area contributed by atoms with E-state index in [4.69, 9.17) is 28.9 Å². The molecular weight excluding hydrogens is 299 g/mol. The highest BCUT2D eigenvalue weighted by atomic mass is 35.5. The number of nitrogens with zero attached hydrogens (tertiary/aromatic N) is 1. The molecule has 6 heteroatoms. The maximum Gasteiger partial charge on any atom is 0.272 e. The second-order valence-electron chi connectivity index (χ2n) is 4.33. The van der Waals surface area contributed by atoms with Crippen LogP contribution in [-0.4, -0.2) is 4.92 Å². The lowest BCUT2D eigenvalue weighted by molar-refractivity contribution is -0.385. The van der Waals surface area contributed by atoms with E-state index in [0.29, 0.717) is 27.6 Å². The molecule has 0 heterocycles. The molecule has 2 N–H and O–H groups in total. The molecule has 0 radical (unpaired) electrons. The molecule has 2 aromatic carbocycles. The fraction of sp³-hybridized carbons (Fsp3) is 0.143. The van der Waals surface area contributed by atoms with Crippen LogP contribution in [0.5, 0.6) is 0 Å². The summed E-state index contributed by atoms with van der Waals surface area (Å²) in [6.45, 7) is 0. The largest absolute Gasteiger partial charge is 0.324 e. The molecular formula is C14H12Cl2N2O2. The molecule has 2 rings (SSSR count). The summed E-state index contributed by atoms with van der Waals surface area (Å²) in [4.78, 5) is 10.6. The van der Waals surface area contributed by atoms with Crippen LogP contribution in [-0.2, 0) is 6.42 Å². The van der Waals surface area contributed by atoms with Crippen LogP contribution in [0.25, 0.3) is 0 Å². The molecule has 0 bridgehead atoms. The van der Waals surface area contributed by atoms with Gasteiger partial charge in [0.15, 0.2) is 0 Å². The Balaban J connectivity index is 2.33. The van der Waals surface area contributed by atoms with Gasteiger partial charge in [0.1, 0.15) is 0 Å². The predicted octanol–water partition coefficient (Wildman–Crippen LogP) is 4.14. The van der Waals surface area contributed by atoms with E-state index in [-0.39, 0.29) is 5.69 Å². The number of rotatable bonds is 4. The molecule has 0 aromatic heterocycles. The average molecular weight is 311 g/mol. The summed E-state index contributed by atoms with van der Waals surface area (Å²) in [7, 11) is 0. The zero-order valence-corrected chi connectivity index (χ0v) is 11.9. The van der Waals surface area contributed by atoms with Gasteiger partial charge in [-0.1, -0.05) is 47.5 Å². The molecule has 2 aromatic rings. The van der Waals surface area contributed by atoms with Crippen LogP contribution in [0.3, 0.4) is 0 Å². The minimum atomic E-state index is -0.503. The van der Waals surface area contributed by atoms with Gasteiger partial charge in [0.2, 0.25) is 0 Å². The zero-order valence-electron chi connectivity index (χ0n) is 10.4. The smallest absolute Gasteiger partial charge is 0.272 e. The molecule has 0 fully saturated rings. The van der Waals surface area contributed by atoms with E-state index < -0.39 is 11.0 Å². The first kappa shape index (κ1) is 14.8. The van der Waals surface area contributed by atoms with Crippen LogP contribution in [0.2, 0.25) is 10.0 Å². The van der Waals surface area contributed by atoms with Gasteiger partial charge in [-0.3, -0.25) is 10.1 Å². The third kappa shape index (κ3) is 3.10. The Morgan fingerprint density at radius 2 is 1.70 bits per heavy atom. The molecule has 4 nitrogen and oxygen atoms in total. The zero-order chi connectivity index (χ0) is 14.7. The van der Waals surface area contributed by atoms with E-state index in [9.17, 15) is 10.1 Å². The van der Waals surface area contributed by atoms with E-state index in [1.165, 1.54) is 6.07 Å². The van der Waals surface area contributed by atoms with Gasteiger partial charge in [0, 0.05) is 33.3 Å². The lowest BCUT2D eigenvalue weighted by Crippen LogP contribution is -2.15. The van der Waals surface area contributed by atoms with Crippen molar-refractivity contribution < 1.29 is 4.92 Å². The van der Waals surface area contributed by atoms with Gasteiger partial charge in [-0.15, -0.1) is 0 Å². The number of benzene rings is 2. The SMILES string of the molecule is NC(Cc1ccccc1[N+](=O)[O-])c1c(Cl)cccc1Cl. The van der Waals surface area contributed by atoms with Gasteiger partial charge in [0.05, 0.1) is 4.92 Å². The second-order valence-corrected chi connectivity index (χ2v) is 5.15. The van der Waals surface area contributed by atoms with Crippen molar-refractivity contribution in [3.63, 3.8) is 0 Å². The number of nitro groups is 1. The number of hydrogen-bond acceptors (Lipinski definition) is 3. The molecule has 0 saturated carbocycles. The van der Waals surface area contributed by atoms with Gasteiger partial charge >= 0.3 is 0 Å². The lowest BCUT2D eigenvalue weighted by atomic mass is 9.98. The van der Waals surface area contributed by atoms with Crippen molar-refractivity contribution in [1.29, 1.82) is 0 Å². The molecule has 0 aliphatic heterocycles. The Morgan fingerprint density at radius 1 is 1.10 bits per heavy atom. The summed E-state index contributed by atoms with van der Waals surface area (Å²) in [6, 6.07) is 11.1. The van der Waals surface area contributed by atoms with Gasteiger partial charge in [-0.2, -0.15) is 0 Å². The van der Waals surface area contributed by atoms with Gasteiger partial charge in [0.25, 0.3) is 5.69 Å². The van der Waals surface area contributed by atoms with Crippen LogP contribution < -0.4 is 5.73 Å². The van der Waals surface area contributed by atoms with Crippen molar-refractivity contribution in [3.05, 3.63) is 73.8 Å². The maximum absolute atomic E-state index is 11.0. The number of hydrogen-bond donors (Lipinski definition) is 1. The van der Waals surface area contributed by atoms with Crippen LogP contribution in [0, 0.1) is 10.1 Å². The predicted molar refractivity (Wildman–Crippen MR) is 80.2 cm³/mol. The monoisotopic (exact) mass is 310 g/mol. The Labute approximate surface area is 126 Å². The molecule has 0 saturated heterocycles. The van der Waals surface area contributed by atoms with Crippen molar-refractivity contribution in [3.8, 4) is 0 Å². The van der Waals surface area contributed by atoms with E-state index in [2.05, 4.69) is 0 Å². The summed E-state index contributed by atoms with van der Waals surface area (Å²) in [5, 5.41) is 11.9. The lowest BCUT2D eigenvalue weighted by Gasteiger charge is -2.15. The van der Waals surface area contributed by atoms with Gasteiger partial charge < -0.3 is 5.73 Å².